The summed E-state index contributed by atoms with van der Waals surface area (Å²) >= 11 is 5.68. The van der Waals surface area contributed by atoms with Crippen LogP contribution in [0.2, 0.25) is 5.15 Å². The molecule has 0 saturated heterocycles. The molecule has 0 bridgehead atoms. The smallest absolute Gasteiger partial charge is 0.298 e. The zero-order chi connectivity index (χ0) is 18.7. The summed E-state index contributed by atoms with van der Waals surface area (Å²) in [4.78, 5) is 28.5. The molecule has 136 valence electrons. The van der Waals surface area contributed by atoms with Crippen LogP contribution >= 0.6 is 11.6 Å². The van der Waals surface area contributed by atoms with Crippen LogP contribution in [0.25, 0.3) is 11.1 Å². The minimum atomic E-state index is -0.375. The number of nitrogens with one attached hydrogen (secondary N) is 1. The number of rotatable bonds is 6. The van der Waals surface area contributed by atoms with Crippen LogP contribution in [-0.4, -0.2) is 60.0 Å². The lowest BCUT2D eigenvalue weighted by molar-refractivity contribution is 0.102. The summed E-state index contributed by atoms with van der Waals surface area (Å²) in [6, 6.07) is 5.81. The van der Waals surface area contributed by atoms with Crippen molar-refractivity contribution < 1.29 is 9.21 Å². The predicted octanol–water partition coefficient (Wildman–Crippen LogP) is 2.52. The lowest BCUT2D eigenvalue weighted by Gasteiger charge is -2.17. The third-order valence-electron chi connectivity index (χ3n) is 3.70. The SMILES string of the molecule is CN(C)CCN(C)c1nc2cc(NC(=O)c3cnc(Cl)cn3)ccc2o1. The van der Waals surface area contributed by atoms with Crippen LogP contribution in [0.3, 0.4) is 0 Å². The van der Waals surface area contributed by atoms with Crippen LogP contribution in [0.1, 0.15) is 10.5 Å². The average molecular weight is 375 g/mol. The maximum Gasteiger partial charge on any atom is 0.298 e. The number of hydrogen-bond acceptors (Lipinski definition) is 7. The Kier molecular flexibility index (Phi) is 5.34. The van der Waals surface area contributed by atoms with Gasteiger partial charge >= 0.3 is 0 Å². The number of halogens is 1. The van der Waals surface area contributed by atoms with E-state index in [9.17, 15) is 4.79 Å². The van der Waals surface area contributed by atoms with E-state index in [0.29, 0.717) is 22.8 Å². The fraction of sp³-hybridized carbons (Fsp3) is 0.294. The number of carbonyl (C=O) groups is 1. The molecule has 3 rings (SSSR count). The average Bonchev–Trinajstić information content (AvgIpc) is 3.03. The van der Waals surface area contributed by atoms with Crippen molar-refractivity contribution in [2.24, 2.45) is 0 Å². The Hall–Kier alpha value is -2.71. The molecule has 0 unspecified atom stereocenters. The highest BCUT2D eigenvalue weighted by Gasteiger charge is 2.13. The number of anilines is 2. The summed E-state index contributed by atoms with van der Waals surface area (Å²) in [7, 11) is 5.95. The van der Waals surface area contributed by atoms with Crippen molar-refractivity contribution in [3.63, 3.8) is 0 Å². The Bertz CT molecular complexity index is 909. The Labute approximate surface area is 155 Å². The summed E-state index contributed by atoms with van der Waals surface area (Å²) in [5.74, 6) is -0.375. The molecule has 1 N–H and O–H groups in total. The second-order valence-corrected chi connectivity index (χ2v) is 6.47. The molecule has 0 atom stereocenters. The van der Waals surface area contributed by atoms with Crippen molar-refractivity contribution in [3.05, 3.63) is 41.4 Å². The Morgan fingerprint density at radius 3 is 2.69 bits per heavy atom. The van der Waals surface area contributed by atoms with Crippen molar-refractivity contribution in [1.29, 1.82) is 0 Å². The Balaban J connectivity index is 1.74. The monoisotopic (exact) mass is 374 g/mol. The molecule has 0 aliphatic carbocycles. The van der Waals surface area contributed by atoms with Crippen LogP contribution in [0.5, 0.6) is 0 Å². The summed E-state index contributed by atoms with van der Waals surface area (Å²) in [5, 5.41) is 2.99. The van der Waals surface area contributed by atoms with E-state index in [0.717, 1.165) is 13.1 Å². The molecule has 9 heteroatoms. The molecule has 0 saturated carbocycles. The third-order valence-corrected chi connectivity index (χ3v) is 3.89. The number of oxazole rings is 1. The number of nitrogens with zero attached hydrogens (tertiary/aromatic N) is 5. The molecular formula is C17H19ClN6O2. The van der Waals surface area contributed by atoms with Crippen LogP contribution in [0, 0.1) is 0 Å². The van der Waals surface area contributed by atoms with Crippen molar-refractivity contribution in [2.45, 2.75) is 0 Å². The zero-order valence-corrected chi connectivity index (χ0v) is 15.5. The van der Waals surface area contributed by atoms with E-state index in [-0.39, 0.29) is 16.8 Å². The van der Waals surface area contributed by atoms with E-state index in [1.165, 1.54) is 12.4 Å². The standard InChI is InChI=1S/C17H19ClN6O2/c1-23(2)6-7-24(3)17-22-12-8-11(4-5-14(12)26-17)21-16(25)13-9-20-15(18)10-19-13/h4-5,8-10H,6-7H2,1-3H3,(H,21,25). The molecule has 0 fully saturated rings. The number of amides is 1. The summed E-state index contributed by atoms with van der Waals surface area (Å²) < 4.78 is 5.77. The van der Waals surface area contributed by atoms with Gasteiger partial charge in [-0.25, -0.2) is 9.97 Å². The molecule has 3 aromatic rings. The summed E-state index contributed by atoms with van der Waals surface area (Å²) in [5.41, 5.74) is 2.09. The van der Waals surface area contributed by atoms with E-state index < -0.39 is 0 Å². The number of likely N-dealkylation sites (N-methyl/N-ethyl adjacent to an activating group) is 2. The molecular weight excluding hydrogens is 356 g/mol. The Morgan fingerprint density at radius 2 is 2.00 bits per heavy atom. The minimum absolute atomic E-state index is 0.179. The highest BCUT2D eigenvalue weighted by molar-refractivity contribution is 6.29. The van der Waals surface area contributed by atoms with Gasteiger partial charge in [0.05, 0.1) is 12.4 Å². The maximum absolute atomic E-state index is 12.2. The van der Waals surface area contributed by atoms with E-state index in [2.05, 4.69) is 25.2 Å². The van der Waals surface area contributed by atoms with E-state index in [4.69, 9.17) is 16.0 Å². The van der Waals surface area contributed by atoms with E-state index in [1.807, 2.05) is 26.0 Å². The molecule has 1 amide bonds. The lowest BCUT2D eigenvalue weighted by atomic mass is 10.3. The lowest BCUT2D eigenvalue weighted by Crippen LogP contribution is -2.28. The largest absolute Gasteiger partial charge is 0.423 e. The molecule has 2 heterocycles. The van der Waals surface area contributed by atoms with Crippen LogP contribution in [-0.2, 0) is 0 Å². The van der Waals surface area contributed by atoms with Gasteiger partial charge in [0.1, 0.15) is 16.4 Å². The molecule has 0 spiro atoms. The first-order chi connectivity index (χ1) is 12.4. The van der Waals surface area contributed by atoms with Crippen LogP contribution in [0.4, 0.5) is 11.7 Å². The minimum Gasteiger partial charge on any atom is -0.423 e. The molecule has 0 aliphatic heterocycles. The van der Waals surface area contributed by atoms with Gasteiger partial charge in [0.15, 0.2) is 5.58 Å². The van der Waals surface area contributed by atoms with Crippen molar-refractivity contribution in [2.75, 3.05) is 44.4 Å². The Morgan fingerprint density at radius 1 is 1.19 bits per heavy atom. The maximum atomic E-state index is 12.2. The van der Waals surface area contributed by atoms with Crippen molar-refractivity contribution in [1.82, 2.24) is 19.9 Å². The molecule has 1 aromatic carbocycles. The first kappa shape index (κ1) is 18.1. The zero-order valence-electron chi connectivity index (χ0n) is 14.7. The molecule has 0 aliphatic rings. The number of aromatic nitrogens is 3. The molecule has 8 nitrogen and oxygen atoms in total. The first-order valence-corrected chi connectivity index (χ1v) is 8.35. The highest BCUT2D eigenvalue weighted by atomic mass is 35.5. The fourth-order valence-corrected chi connectivity index (χ4v) is 2.32. The van der Waals surface area contributed by atoms with Crippen molar-refractivity contribution >= 4 is 40.3 Å². The van der Waals surface area contributed by atoms with Crippen LogP contribution in [0.15, 0.2) is 35.0 Å². The first-order valence-electron chi connectivity index (χ1n) is 7.98. The quantitative estimate of drug-likeness (QED) is 0.709. The van der Waals surface area contributed by atoms with Gasteiger partial charge in [0, 0.05) is 25.8 Å². The normalized spacial score (nSPS) is 11.1. The number of fused-ring (bicyclic) bond motifs is 1. The van der Waals surface area contributed by atoms with Gasteiger partial charge in [-0.1, -0.05) is 11.6 Å². The van der Waals surface area contributed by atoms with Crippen molar-refractivity contribution in [3.8, 4) is 0 Å². The predicted molar refractivity (Wildman–Crippen MR) is 101 cm³/mol. The fourth-order valence-electron chi connectivity index (χ4n) is 2.23. The van der Waals surface area contributed by atoms with Gasteiger partial charge in [-0.3, -0.25) is 4.79 Å². The molecule has 26 heavy (non-hydrogen) atoms. The highest BCUT2D eigenvalue weighted by Crippen LogP contribution is 2.24. The van der Waals surface area contributed by atoms with E-state index in [1.54, 1.807) is 18.2 Å². The number of carbonyl (C=O) groups excluding carboxylic acids is 1. The third kappa shape index (κ3) is 4.27. The summed E-state index contributed by atoms with van der Waals surface area (Å²) in [6.07, 6.45) is 2.65. The second-order valence-electron chi connectivity index (χ2n) is 6.08. The van der Waals surface area contributed by atoms with Gasteiger partial charge in [0.2, 0.25) is 0 Å². The van der Waals surface area contributed by atoms with Gasteiger partial charge in [-0.2, -0.15) is 4.98 Å². The molecule has 2 aromatic heterocycles. The second kappa shape index (κ2) is 7.67. The van der Waals surface area contributed by atoms with Gasteiger partial charge in [-0.15, -0.1) is 0 Å². The van der Waals surface area contributed by atoms with Gasteiger partial charge < -0.3 is 19.5 Å². The number of hydrogen-bond donors (Lipinski definition) is 1. The van der Waals surface area contributed by atoms with Gasteiger partial charge in [-0.05, 0) is 32.3 Å². The summed E-state index contributed by atoms with van der Waals surface area (Å²) in [6.45, 7) is 1.68. The van der Waals surface area contributed by atoms with Crippen LogP contribution < -0.4 is 10.2 Å². The van der Waals surface area contributed by atoms with E-state index >= 15 is 0 Å². The topological polar surface area (TPSA) is 87.4 Å². The number of benzene rings is 1. The molecule has 0 radical (unpaired) electrons. The van der Waals surface area contributed by atoms with Gasteiger partial charge in [0.25, 0.3) is 11.9 Å².